The average Bonchev–Trinajstić information content (AvgIpc) is 3.03. The van der Waals surface area contributed by atoms with E-state index in [1.165, 1.54) is 0 Å². The van der Waals surface area contributed by atoms with Gasteiger partial charge in [0.1, 0.15) is 5.75 Å². The summed E-state index contributed by atoms with van der Waals surface area (Å²) in [5, 5.41) is 12.6. The molecule has 4 heteroatoms. The van der Waals surface area contributed by atoms with Gasteiger partial charge in [0.05, 0.1) is 18.6 Å². The number of methoxy groups -OCH3 is 1. The number of hydrogen-bond acceptors (Lipinski definition) is 3. The number of rotatable bonds is 7. The minimum Gasteiger partial charge on any atom is -0.497 e. The zero-order chi connectivity index (χ0) is 16.9. The largest absolute Gasteiger partial charge is 0.497 e. The summed E-state index contributed by atoms with van der Waals surface area (Å²) in [5.74, 6) is 1.17. The van der Waals surface area contributed by atoms with Crippen LogP contribution in [0, 0.1) is 5.92 Å². The lowest BCUT2D eigenvalue weighted by Crippen LogP contribution is -2.44. The number of aliphatic hydroxyl groups excluding tert-OH is 1. The summed E-state index contributed by atoms with van der Waals surface area (Å²) in [6, 6.07) is 7.89. The van der Waals surface area contributed by atoms with Gasteiger partial charge in [0.15, 0.2) is 0 Å². The number of amides is 1. The molecule has 0 spiro atoms. The number of ether oxygens (including phenoxy) is 1. The predicted octanol–water partition coefficient (Wildman–Crippen LogP) is 3.03. The normalized spacial score (nSPS) is 19.1. The van der Waals surface area contributed by atoms with Crippen LogP contribution >= 0.6 is 0 Å². The molecule has 0 bridgehead atoms. The van der Waals surface area contributed by atoms with Crippen LogP contribution in [0.15, 0.2) is 24.3 Å². The van der Waals surface area contributed by atoms with Crippen molar-refractivity contribution in [3.8, 4) is 5.75 Å². The van der Waals surface area contributed by atoms with E-state index < -0.39 is 5.41 Å². The molecule has 1 aliphatic rings. The van der Waals surface area contributed by atoms with Gasteiger partial charge in [0, 0.05) is 6.54 Å². The molecule has 2 unspecified atom stereocenters. The standard InChI is InChI=1S/C19H29NO3/c1-14(11-15(2)21)13-20-18(22)19(9-4-5-10-19)16-7-6-8-17(12-16)23-3/h6-8,12,14-15,21H,4-5,9-11,13H2,1-3H3,(H,20,22). The van der Waals surface area contributed by atoms with E-state index in [9.17, 15) is 9.90 Å². The van der Waals surface area contributed by atoms with E-state index >= 15 is 0 Å². The lowest BCUT2D eigenvalue weighted by atomic mass is 9.77. The molecule has 0 radical (unpaired) electrons. The first-order chi connectivity index (χ1) is 11.0. The van der Waals surface area contributed by atoms with Crippen LogP contribution in [0.2, 0.25) is 0 Å². The third-order valence-electron chi connectivity index (χ3n) is 4.87. The number of carbonyl (C=O) groups excluding carboxylic acids is 1. The van der Waals surface area contributed by atoms with Gasteiger partial charge < -0.3 is 15.2 Å². The minimum absolute atomic E-state index is 0.112. The van der Waals surface area contributed by atoms with E-state index in [4.69, 9.17) is 4.74 Å². The van der Waals surface area contributed by atoms with E-state index in [2.05, 4.69) is 12.2 Å². The summed E-state index contributed by atoms with van der Waals surface area (Å²) in [7, 11) is 1.65. The molecule has 1 aromatic rings. The number of nitrogens with one attached hydrogen (secondary N) is 1. The van der Waals surface area contributed by atoms with Crippen molar-refractivity contribution < 1.29 is 14.6 Å². The van der Waals surface area contributed by atoms with Gasteiger partial charge in [0.2, 0.25) is 5.91 Å². The van der Waals surface area contributed by atoms with Crippen molar-refractivity contribution in [1.82, 2.24) is 5.32 Å². The molecule has 0 saturated heterocycles. The number of carbonyl (C=O) groups is 1. The average molecular weight is 319 g/mol. The molecule has 2 N–H and O–H groups in total. The van der Waals surface area contributed by atoms with Gasteiger partial charge in [-0.25, -0.2) is 0 Å². The Kier molecular flexibility index (Phi) is 6.05. The molecule has 128 valence electrons. The second kappa shape index (κ2) is 7.82. The minimum atomic E-state index is -0.431. The molecule has 0 aliphatic heterocycles. The van der Waals surface area contributed by atoms with Crippen molar-refractivity contribution >= 4 is 5.91 Å². The van der Waals surface area contributed by atoms with Crippen LogP contribution in [0.3, 0.4) is 0 Å². The fourth-order valence-electron chi connectivity index (χ4n) is 3.65. The van der Waals surface area contributed by atoms with Crippen LogP contribution in [-0.4, -0.2) is 30.8 Å². The van der Waals surface area contributed by atoms with Crippen LogP contribution in [0.4, 0.5) is 0 Å². The van der Waals surface area contributed by atoms with Crippen molar-refractivity contribution in [1.29, 1.82) is 0 Å². The zero-order valence-electron chi connectivity index (χ0n) is 14.5. The zero-order valence-corrected chi connectivity index (χ0v) is 14.5. The van der Waals surface area contributed by atoms with E-state index in [0.29, 0.717) is 13.0 Å². The predicted molar refractivity (Wildman–Crippen MR) is 91.6 cm³/mol. The van der Waals surface area contributed by atoms with Gasteiger partial charge in [-0.05, 0) is 49.8 Å². The second-order valence-electron chi connectivity index (χ2n) is 6.92. The maximum Gasteiger partial charge on any atom is 0.230 e. The molecule has 0 aromatic heterocycles. The monoisotopic (exact) mass is 319 g/mol. The van der Waals surface area contributed by atoms with Crippen LogP contribution in [0.25, 0.3) is 0 Å². The first-order valence-corrected chi connectivity index (χ1v) is 8.59. The van der Waals surface area contributed by atoms with E-state index in [1.54, 1.807) is 14.0 Å². The number of benzene rings is 1. The lowest BCUT2D eigenvalue weighted by molar-refractivity contribution is -0.126. The van der Waals surface area contributed by atoms with Crippen LogP contribution in [-0.2, 0) is 10.2 Å². The molecular weight excluding hydrogens is 290 g/mol. The summed E-state index contributed by atoms with van der Waals surface area (Å²) >= 11 is 0. The molecule has 23 heavy (non-hydrogen) atoms. The molecule has 1 aliphatic carbocycles. The van der Waals surface area contributed by atoms with Gasteiger partial charge in [-0.2, -0.15) is 0 Å². The summed E-state index contributed by atoms with van der Waals surface area (Å²) in [5.41, 5.74) is 0.619. The Bertz CT molecular complexity index is 521. The molecule has 1 amide bonds. The van der Waals surface area contributed by atoms with Crippen molar-refractivity contribution in [3.63, 3.8) is 0 Å². The highest BCUT2D eigenvalue weighted by Gasteiger charge is 2.42. The van der Waals surface area contributed by atoms with Crippen molar-refractivity contribution in [2.75, 3.05) is 13.7 Å². The van der Waals surface area contributed by atoms with Gasteiger partial charge in [-0.3, -0.25) is 4.79 Å². The maximum absolute atomic E-state index is 12.9. The Morgan fingerprint density at radius 1 is 1.35 bits per heavy atom. The molecule has 2 atom stereocenters. The maximum atomic E-state index is 12.9. The Morgan fingerprint density at radius 2 is 2.04 bits per heavy atom. The molecule has 2 rings (SSSR count). The summed E-state index contributed by atoms with van der Waals surface area (Å²) in [6.07, 6.45) is 4.29. The van der Waals surface area contributed by atoms with Crippen molar-refractivity contribution in [2.45, 2.75) is 57.5 Å². The molecule has 4 nitrogen and oxygen atoms in total. The quantitative estimate of drug-likeness (QED) is 0.812. The Balaban J connectivity index is 2.12. The van der Waals surface area contributed by atoms with Gasteiger partial charge >= 0.3 is 0 Å². The number of hydrogen-bond donors (Lipinski definition) is 2. The van der Waals surface area contributed by atoms with E-state index in [-0.39, 0.29) is 17.9 Å². The van der Waals surface area contributed by atoms with Gasteiger partial charge in [-0.15, -0.1) is 0 Å². The van der Waals surface area contributed by atoms with Gasteiger partial charge in [0.25, 0.3) is 0 Å². The molecular formula is C19H29NO3. The van der Waals surface area contributed by atoms with Crippen molar-refractivity contribution in [3.05, 3.63) is 29.8 Å². The van der Waals surface area contributed by atoms with Gasteiger partial charge in [-0.1, -0.05) is 31.9 Å². The second-order valence-corrected chi connectivity index (χ2v) is 6.92. The van der Waals surface area contributed by atoms with Crippen LogP contribution < -0.4 is 10.1 Å². The molecule has 0 heterocycles. The summed E-state index contributed by atoms with van der Waals surface area (Å²) in [6.45, 7) is 4.45. The van der Waals surface area contributed by atoms with Crippen LogP contribution in [0.5, 0.6) is 5.75 Å². The lowest BCUT2D eigenvalue weighted by Gasteiger charge is -2.29. The topological polar surface area (TPSA) is 58.6 Å². The van der Waals surface area contributed by atoms with E-state index in [0.717, 1.165) is 37.0 Å². The molecule has 1 saturated carbocycles. The fraction of sp³-hybridized carbons (Fsp3) is 0.632. The third-order valence-corrected chi connectivity index (χ3v) is 4.87. The highest BCUT2D eigenvalue weighted by atomic mass is 16.5. The Hall–Kier alpha value is -1.55. The highest BCUT2D eigenvalue weighted by Crippen LogP contribution is 2.42. The molecule has 1 fully saturated rings. The van der Waals surface area contributed by atoms with Crippen LogP contribution in [0.1, 0.15) is 51.5 Å². The fourth-order valence-corrected chi connectivity index (χ4v) is 3.65. The summed E-state index contributed by atoms with van der Waals surface area (Å²) in [4.78, 5) is 12.9. The third kappa shape index (κ3) is 4.25. The smallest absolute Gasteiger partial charge is 0.230 e. The highest BCUT2D eigenvalue weighted by molar-refractivity contribution is 5.88. The molecule has 1 aromatic carbocycles. The van der Waals surface area contributed by atoms with Crippen molar-refractivity contribution in [2.24, 2.45) is 5.92 Å². The van der Waals surface area contributed by atoms with E-state index in [1.807, 2.05) is 24.3 Å². The number of aliphatic hydroxyl groups is 1. The Morgan fingerprint density at radius 3 is 2.65 bits per heavy atom. The SMILES string of the molecule is COc1cccc(C2(C(=O)NCC(C)CC(C)O)CCCC2)c1. The first kappa shape index (κ1) is 17.8. The summed E-state index contributed by atoms with van der Waals surface area (Å²) < 4.78 is 5.32. The Labute approximate surface area is 139 Å². The first-order valence-electron chi connectivity index (χ1n) is 8.59.